The molecule has 1 saturated heterocycles. The van der Waals surface area contributed by atoms with Crippen molar-refractivity contribution in [2.45, 2.75) is 71.5 Å². The van der Waals surface area contributed by atoms with Crippen molar-refractivity contribution >= 4 is 5.91 Å². The van der Waals surface area contributed by atoms with Crippen LogP contribution in [0.4, 0.5) is 0 Å². The number of carbonyl (C=O) groups excluding carboxylic acids is 1. The maximum Gasteiger partial charge on any atom is 0.220 e. The molecule has 0 atom stereocenters. The maximum atomic E-state index is 12.0. The van der Waals surface area contributed by atoms with Crippen LogP contribution in [0.25, 0.3) is 0 Å². The fourth-order valence-electron chi connectivity index (χ4n) is 4.25. The minimum atomic E-state index is -0.338. The van der Waals surface area contributed by atoms with Crippen molar-refractivity contribution in [2.24, 2.45) is 0 Å². The molecule has 1 aliphatic rings. The van der Waals surface area contributed by atoms with E-state index in [2.05, 4.69) is 0 Å². The van der Waals surface area contributed by atoms with Crippen molar-refractivity contribution in [1.82, 2.24) is 9.47 Å². The van der Waals surface area contributed by atoms with E-state index in [-0.39, 0.29) is 34.8 Å². The van der Waals surface area contributed by atoms with Gasteiger partial charge in [-0.1, -0.05) is 0 Å². The summed E-state index contributed by atoms with van der Waals surface area (Å²) in [6.07, 6.45) is 1.37. The zero-order chi connectivity index (χ0) is 16.2. The molecular weight excluding hydrogens is 268 g/mol. The average molecular weight is 294 g/mol. The van der Waals surface area contributed by atoms with Gasteiger partial charge in [0.15, 0.2) is 11.8 Å². The molecule has 5 heteroatoms. The van der Waals surface area contributed by atoms with Crippen molar-refractivity contribution in [3.8, 4) is 11.8 Å². The molecule has 0 saturated carbocycles. The highest BCUT2D eigenvalue weighted by molar-refractivity contribution is 5.75. The summed E-state index contributed by atoms with van der Waals surface area (Å²) in [7, 11) is 0. The van der Waals surface area contributed by atoms with Crippen molar-refractivity contribution in [1.29, 1.82) is 0 Å². The molecule has 2 heterocycles. The first-order valence-electron chi connectivity index (χ1n) is 7.38. The zero-order valence-electron chi connectivity index (χ0n) is 13.8. The van der Waals surface area contributed by atoms with Crippen LogP contribution in [0, 0.1) is 6.92 Å². The van der Waals surface area contributed by atoms with Gasteiger partial charge < -0.3 is 15.1 Å². The number of hydrogen-bond donors (Lipinski definition) is 2. The first kappa shape index (κ1) is 15.7. The molecule has 1 aromatic rings. The number of nitrogens with zero attached hydrogens (tertiary/aromatic N) is 2. The predicted molar refractivity (Wildman–Crippen MR) is 81.4 cm³/mol. The van der Waals surface area contributed by atoms with Gasteiger partial charge in [0.1, 0.15) is 0 Å². The number of likely N-dealkylation sites (tertiary alicyclic amines) is 1. The predicted octanol–water partition coefficient (Wildman–Crippen LogP) is 2.95. The Hall–Kier alpha value is -1.65. The number of rotatable bonds is 1. The van der Waals surface area contributed by atoms with E-state index in [9.17, 15) is 15.0 Å². The van der Waals surface area contributed by atoms with Gasteiger partial charge in [0, 0.05) is 35.7 Å². The second-order valence-corrected chi connectivity index (χ2v) is 7.42. The SMILES string of the molecule is CC(=O)N1C(C)(C)CC(n2c(O)cc(C)c2O)CC1(C)C. The lowest BCUT2D eigenvalue weighted by molar-refractivity contribution is -0.148. The van der Waals surface area contributed by atoms with Gasteiger partial charge in [-0.15, -0.1) is 0 Å². The molecule has 1 fully saturated rings. The summed E-state index contributed by atoms with van der Waals surface area (Å²) in [4.78, 5) is 13.9. The number of aromatic hydroxyl groups is 2. The van der Waals surface area contributed by atoms with Crippen molar-refractivity contribution in [3.05, 3.63) is 11.6 Å². The topological polar surface area (TPSA) is 65.7 Å². The van der Waals surface area contributed by atoms with Crippen LogP contribution in [0.5, 0.6) is 11.8 Å². The van der Waals surface area contributed by atoms with Crippen LogP contribution in [0.15, 0.2) is 6.07 Å². The lowest BCUT2D eigenvalue weighted by atomic mass is 9.76. The van der Waals surface area contributed by atoms with Crippen molar-refractivity contribution in [3.63, 3.8) is 0 Å². The van der Waals surface area contributed by atoms with E-state index < -0.39 is 0 Å². The number of hydrogen-bond acceptors (Lipinski definition) is 3. The van der Waals surface area contributed by atoms with E-state index >= 15 is 0 Å². The number of carbonyl (C=O) groups is 1. The summed E-state index contributed by atoms with van der Waals surface area (Å²) in [5.74, 6) is 0.249. The maximum absolute atomic E-state index is 12.0. The molecule has 21 heavy (non-hydrogen) atoms. The second kappa shape index (κ2) is 4.68. The highest BCUT2D eigenvalue weighted by Crippen LogP contribution is 2.46. The molecule has 0 radical (unpaired) electrons. The summed E-state index contributed by atoms with van der Waals surface area (Å²) in [5, 5.41) is 20.3. The van der Waals surface area contributed by atoms with Crippen LogP contribution >= 0.6 is 0 Å². The van der Waals surface area contributed by atoms with Crippen molar-refractivity contribution in [2.75, 3.05) is 0 Å². The molecule has 5 nitrogen and oxygen atoms in total. The fourth-order valence-corrected chi connectivity index (χ4v) is 4.25. The lowest BCUT2D eigenvalue weighted by Gasteiger charge is -2.55. The summed E-state index contributed by atoms with van der Waals surface area (Å²) in [5.41, 5.74) is -0.0120. The van der Waals surface area contributed by atoms with Gasteiger partial charge in [-0.05, 0) is 47.5 Å². The van der Waals surface area contributed by atoms with Gasteiger partial charge in [-0.2, -0.15) is 0 Å². The third kappa shape index (κ3) is 2.49. The minimum Gasteiger partial charge on any atom is -0.494 e. The molecule has 0 spiro atoms. The highest BCUT2D eigenvalue weighted by Gasteiger charge is 2.47. The monoisotopic (exact) mass is 294 g/mol. The van der Waals surface area contributed by atoms with Crippen LogP contribution in [0.1, 0.15) is 59.1 Å². The summed E-state index contributed by atoms with van der Waals surface area (Å²) >= 11 is 0. The molecule has 1 aliphatic heterocycles. The fraction of sp³-hybridized carbons (Fsp3) is 0.688. The van der Waals surface area contributed by atoms with Crippen LogP contribution in [0.3, 0.4) is 0 Å². The Kier molecular flexibility index (Phi) is 3.51. The minimum absolute atomic E-state index is 0.0423. The Morgan fingerprint density at radius 2 is 1.67 bits per heavy atom. The third-order valence-electron chi connectivity index (χ3n) is 4.53. The number of piperidine rings is 1. The van der Waals surface area contributed by atoms with Gasteiger partial charge in [0.25, 0.3) is 0 Å². The van der Waals surface area contributed by atoms with Crippen molar-refractivity contribution < 1.29 is 15.0 Å². The van der Waals surface area contributed by atoms with E-state index in [0.717, 1.165) is 0 Å². The Morgan fingerprint density at radius 3 is 2.00 bits per heavy atom. The van der Waals surface area contributed by atoms with Crippen LogP contribution in [0.2, 0.25) is 0 Å². The van der Waals surface area contributed by atoms with E-state index in [0.29, 0.717) is 18.4 Å². The summed E-state index contributed by atoms with van der Waals surface area (Å²) in [6.45, 7) is 11.5. The molecular formula is C16H26N2O3. The lowest BCUT2D eigenvalue weighted by Crippen LogP contribution is -2.62. The van der Waals surface area contributed by atoms with Gasteiger partial charge in [0.05, 0.1) is 0 Å². The molecule has 118 valence electrons. The van der Waals surface area contributed by atoms with E-state index in [4.69, 9.17) is 0 Å². The molecule has 1 amide bonds. The molecule has 0 bridgehead atoms. The Morgan fingerprint density at radius 1 is 1.19 bits per heavy atom. The molecule has 0 aliphatic carbocycles. The Bertz CT molecular complexity index is 554. The third-order valence-corrected chi connectivity index (χ3v) is 4.53. The molecule has 2 N–H and O–H groups in total. The quantitative estimate of drug-likeness (QED) is 0.837. The van der Waals surface area contributed by atoms with E-state index in [1.807, 2.05) is 32.6 Å². The average Bonchev–Trinajstić information content (AvgIpc) is 2.47. The van der Waals surface area contributed by atoms with Gasteiger partial charge in [-0.25, -0.2) is 0 Å². The number of aryl methyl sites for hydroxylation is 1. The molecule has 2 rings (SSSR count). The van der Waals surface area contributed by atoms with E-state index in [1.165, 1.54) is 0 Å². The first-order chi connectivity index (χ1) is 9.47. The van der Waals surface area contributed by atoms with Crippen LogP contribution in [-0.2, 0) is 4.79 Å². The first-order valence-corrected chi connectivity index (χ1v) is 7.38. The normalized spacial score (nSPS) is 21.5. The van der Waals surface area contributed by atoms with Gasteiger partial charge >= 0.3 is 0 Å². The number of amides is 1. The Labute approximate surface area is 126 Å². The molecule has 0 unspecified atom stereocenters. The molecule has 0 aromatic carbocycles. The zero-order valence-corrected chi connectivity index (χ0v) is 13.8. The summed E-state index contributed by atoms with van der Waals surface area (Å²) in [6, 6.07) is 1.53. The Balaban J connectivity index is 2.45. The summed E-state index contributed by atoms with van der Waals surface area (Å²) < 4.78 is 1.59. The van der Waals surface area contributed by atoms with Crippen LogP contribution < -0.4 is 0 Å². The number of aromatic nitrogens is 1. The van der Waals surface area contributed by atoms with E-state index in [1.54, 1.807) is 24.5 Å². The largest absolute Gasteiger partial charge is 0.494 e. The second-order valence-electron chi connectivity index (χ2n) is 7.42. The van der Waals surface area contributed by atoms with Crippen LogP contribution in [-0.4, -0.2) is 36.7 Å². The highest BCUT2D eigenvalue weighted by atomic mass is 16.3. The van der Waals surface area contributed by atoms with Gasteiger partial charge in [0.2, 0.25) is 5.91 Å². The van der Waals surface area contributed by atoms with Gasteiger partial charge in [-0.3, -0.25) is 9.36 Å². The smallest absolute Gasteiger partial charge is 0.220 e. The standard InChI is InChI=1S/C16H26N2O3/c1-10-7-13(20)17(14(10)21)12-8-15(3,4)18(11(2)19)16(5,6)9-12/h7,12,20-21H,8-9H2,1-6H3. The molecule has 1 aromatic heterocycles.